The Labute approximate surface area is 134 Å². The Kier molecular flexibility index (Phi) is 3.45. The first-order valence-corrected chi connectivity index (χ1v) is 8.72. The minimum Gasteiger partial charge on any atom is -0.326 e. The van der Waals surface area contributed by atoms with E-state index in [1.165, 1.54) is 43.9 Å². The van der Waals surface area contributed by atoms with Crippen LogP contribution in [0.3, 0.4) is 0 Å². The number of nitrogens with zero attached hydrogens (tertiary/aromatic N) is 2. The molecule has 1 fully saturated rings. The van der Waals surface area contributed by atoms with Crippen molar-refractivity contribution in [1.82, 2.24) is 4.90 Å². The first-order chi connectivity index (χ1) is 10.7. The standard InChI is InChI=1S/C17H19N3OS/c1-11(21)18-13-8-6-12(7-9-13)16-10-22-17-19-14-4-2-3-5-15(14)20(16)17/h6-10,14-15H,2-5H2,1H3,(H,18,21)/t14-,15+/m0/s1. The molecule has 2 atom stereocenters. The summed E-state index contributed by atoms with van der Waals surface area (Å²) >= 11 is 1.74. The predicted octanol–water partition coefficient (Wildman–Crippen LogP) is 3.67. The van der Waals surface area contributed by atoms with Gasteiger partial charge in [0, 0.05) is 18.0 Å². The maximum Gasteiger partial charge on any atom is 0.221 e. The van der Waals surface area contributed by atoms with Gasteiger partial charge in [0.25, 0.3) is 0 Å². The van der Waals surface area contributed by atoms with E-state index >= 15 is 0 Å². The fourth-order valence-electron chi connectivity index (χ4n) is 3.56. The molecule has 1 aliphatic carbocycles. The molecule has 1 amide bonds. The second kappa shape index (κ2) is 5.47. The molecule has 0 unspecified atom stereocenters. The number of amidine groups is 1. The Morgan fingerprint density at radius 1 is 1.27 bits per heavy atom. The number of carbonyl (C=O) groups excluding carboxylic acids is 1. The zero-order valence-electron chi connectivity index (χ0n) is 12.6. The monoisotopic (exact) mass is 313 g/mol. The zero-order chi connectivity index (χ0) is 15.1. The Balaban J connectivity index is 1.58. The summed E-state index contributed by atoms with van der Waals surface area (Å²) in [5.74, 6) is -0.0394. The second-order valence-corrected chi connectivity index (χ2v) is 6.92. The van der Waals surface area contributed by atoms with E-state index in [-0.39, 0.29) is 5.91 Å². The van der Waals surface area contributed by atoms with E-state index in [0.29, 0.717) is 12.1 Å². The van der Waals surface area contributed by atoms with E-state index < -0.39 is 0 Å². The predicted molar refractivity (Wildman–Crippen MR) is 91.6 cm³/mol. The average molecular weight is 313 g/mol. The van der Waals surface area contributed by atoms with Gasteiger partial charge in [0.1, 0.15) is 0 Å². The zero-order valence-corrected chi connectivity index (χ0v) is 13.4. The van der Waals surface area contributed by atoms with Gasteiger partial charge in [-0.15, -0.1) is 0 Å². The van der Waals surface area contributed by atoms with Crippen LogP contribution in [0.25, 0.3) is 5.70 Å². The van der Waals surface area contributed by atoms with Crippen LogP contribution in [-0.2, 0) is 4.79 Å². The van der Waals surface area contributed by atoms with E-state index in [2.05, 4.69) is 27.8 Å². The lowest BCUT2D eigenvalue weighted by molar-refractivity contribution is -0.114. The van der Waals surface area contributed by atoms with Crippen molar-refractivity contribution < 1.29 is 4.79 Å². The van der Waals surface area contributed by atoms with E-state index in [0.717, 1.165) is 10.9 Å². The highest BCUT2D eigenvalue weighted by Gasteiger charge is 2.41. The van der Waals surface area contributed by atoms with Gasteiger partial charge in [-0.3, -0.25) is 9.79 Å². The Morgan fingerprint density at radius 3 is 2.82 bits per heavy atom. The van der Waals surface area contributed by atoms with Crippen molar-refractivity contribution in [3.63, 3.8) is 0 Å². The molecule has 1 aromatic carbocycles. The fourth-order valence-corrected chi connectivity index (χ4v) is 4.57. The van der Waals surface area contributed by atoms with Crippen LogP contribution in [0.1, 0.15) is 38.2 Å². The molecule has 5 heteroatoms. The van der Waals surface area contributed by atoms with Gasteiger partial charge in [0.2, 0.25) is 5.91 Å². The molecule has 114 valence electrons. The maximum atomic E-state index is 11.1. The lowest BCUT2D eigenvalue weighted by Gasteiger charge is -2.32. The minimum absolute atomic E-state index is 0.0394. The molecule has 0 bridgehead atoms. The summed E-state index contributed by atoms with van der Waals surface area (Å²) in [7, 11) is 0. The lowest BCUT2D eigenvalue weighted by Crippen LogP contribution is -2.38. The largest absolute Gasteiger partial charge is 0.326 e. The number of rotatable bonds is 2. The van der Waals surface area contributed by atoms with Crippen molar-refractivity contribution >= 4 is 34.2 Å². The number of hydrogen-bond acceptors (Lipinski definition) is 4. The third kappa shape index (κ3) is 2.33. The molecule has 3 aliphatic rings. The highest BCUT2D eigenvalue weighted by Crippen LogP contribution is 2.44. The van der Waals surface area contributed by atoms with Crippen LogP contribution in [0.15, 0.2) is 34.7 Å². The van der Waals surface area contributed by atoms with Crippen molar-refractivity contribution in [2.45, 2.75) is 44.7 Å². The van der Waals surface area contributed by atoms with Crippen molar-refractivity contribution in [3.8, 4) is 0 Å². The van der Waals surface area contributed by atoms with Crippen LogP contribution in [0.2, 0.25) is 0 Å². The summed E-state index contributed by atoms with van der Waals surface area (Å²) in [4.78, 5) is 18.4. The number of amides is 1. The quantitative estimate of drug-likeness (QED) is 0.906. The van der Waals surface area contributed by atoms with E-state index in [4.69, 9.17) is 4.99 Å². The smallest absolute Gasteiger partial charge is 0.221 e. The number of benzene rings is 1. The summed E-state index contributed by atoms with van der Waals surface area (Å²) in [5, 5.41) is 6.18. The first kappa shape index (κ1) is 13.9. The molecule has 2 aliphatic heterocycles. The second-order valence-electron chi connectivity index (χ2n) is 6.08. The number of fused-ring (bicyclic) bond motifs is 3. The molecule has 2 heterocycles. The molecular formula is C17H19N3OS. The lowest BCUT2D eigenvalue weighted by atomic mass is 9.90. The normalized spacial score (nSPS) is 26.1. The van der Waals surface area contributed by atoms with Crippen LogP contribution in [-0.4, -0.2) is 28.1 Å². The molecule has 1 saturated carbocycles. The van der Waals surface area contributed by atoms with Gasteiger partial charge in [-0.05, 0) is 30.5 Å². The Bertz CT molecular complexity index is 665. The van der Waals surface area contributed by atoms with Gasteiger partial charge in [0.15, 0.2) is 5.17 Å². The van der Waals surface area contributed by atoms with E-state index in [1.54, 1.807) is 11.8 Å². The van der Waals surface area contributed by atoms with Gasteiger partial charge in [0.05, 0.1) is 17.8 Å². The molecule has 22 heavy (non-hydrogen) atoms. The number of thioether (sulfide) groups is 1. The minimum atomic E-state index is -0.0394. The maximum absolute atomic E-state index is 11.1. The summed E-state index contributed by atoms with van der Waals surface area (Å²) in [5.41, 5.74) is 3.29. The summed E-state index contributed by atoms with van der Waals surface area (Å²) in [6.45, 7) is 1.53. The Hall–Kier alpha value is -1.75. The van der Waals surface area contributed by atoms with Crippen molar-refractivity contribution in [2.75, 3.05) is 5.32 Å². The topological polar surface area (TPSA) is 44.7 Å². The van der Waals surface area contributed by atoms with Crippen LogP contribution in [0, 0.1) is 0 Å². The van der Waals surface area contributed by atoms with Crippen molar-refractivity contribution in [2.24, 2.45) is 4.99 Å². The average Bonchev–Trinajstić information content (AvgIpc) is 3.06. The highest BCUT2D eigenvalue weighted by atomic mass is 32.2. The number of hydrogen-bond donors (Lipinski definition) is 1. The molecule has 1 aromatic rings. The highest BCUT2D eigenvalue weighted by molar-refractivity contribution is 8.16. The number of aliphatic imine (C=N–C) groups is 1. The number of nitrogens with one attached hydrogen (secondary N) is 1. The van der Waals surface area contributed by atoms with Crippen LogP contribution in [0.5, 0.6) is 0 Å². The Morgan fingerprint density at radius 2 is 2.05 bits per heavy atom. The van der Waals surface area contributed by atoms with Crippen LogP contribution >= 0.6 is 11.8 Å². The fraction of sp³-hybridized carbons (Fsp3) is 0.412. The third-order valence-electron chi connectivity index (χ3n) is 4.54. The van der Waals surface area contributed by atoms with Gasteiger partial charge >= 0.3 is 0 Å². The number of carbonyl (C=O) groups is 1. The molecule has 0 saturated heterocycles. The molecular weight excluding hydrogens is 294 g/mol. The third-order valence-corrected chi connectivity index (χ3v) is 5.40. The number of anilines is 1. The van der Waals surface area contributed by atoms with E-state index in [9.17, 15) is 4.79 Å². The SMILES string of the molecule is CC(=O)Nc1ccc(C2=CSC3=N[C@H]4CCCC[C@H]4N23)cc1. The molecule has 0 spiro atoms. The summed E-state index contributed by atoms with van der Waals surface area (Å²) < 4.78 is 0. The van der Waals surface area contributed by atoms with Crippen LogP contribution < -0.4 is 5.32 Å². The van der Waals surface area contributed by atoms with Crippen LogP contribution in [0.4, 0.5) is 5.69 Å². The molecule has 4 nitrogen and oxygen atoms in total. The molecule has 0 radical (unpaired) electrons. The van der Waals surface area contributed by atoms with Crippen molar-refractivity contribution in [1.29, 1.82) is 0 Å². The molecule has 4 rings (SSSR count). The molecule has 0 aromatic heterocycles. The van der Waals surface area contributed by atoms with Gasteiger partial charge < -0.3 is 10.2 Å². The van der Waals surface area contributed by atoms with E-state index in [1.807, 2.05) is 12.1 Å². The molecule has 1 N–H and O–H groups in total. The van der Waals surface area contributed by atoms with Gasteiger partial charge in [-0.1, -0.05) is 36.7 Å². The first-order valence-electron chi connectivity index (χ1n) is 7.84. The van der Waals surface area contributed by atoms with Gasteiger partial charge in [-0.25, -0.2) is 0 Å². The van der Waals surface area contributed by atoms with Crippen molar-refractivity contribution in [3.05, 3.63) is 35.2 Å². The van der Waals surface area contributed by atoms with Gasteiger partial charge in [-0.2, -0.15) is 0 Å². The summed E-state index contributed by atoms with van der Waals surface area (Å²) in [6.07, 6.45) is 5.07. The summed E-state index contributed by atoms with van der Waals surface area (Å²) in [6, 6.07) is 9.11.